The van der Waals surface area contributed by atoms with Gasteiger partial charge in [-0.05, 0) is 49.6 Å². The Morgan fingerprint density at radius 3 is 2.43 bits per heavy atom. The highest BCUT2D eigenvalue weighted by Gasteiger charge is 2.31. The molecule has 0 spiro atoms. The summed E-state index contributed by atoms with van der Waals surface area (Å²) in [5, 5.41) is 0.123. The van der Waals surface area contributed by atoms with Crippen LogP contribution in [0.3, 0.4) is 0 Å². The van der Waals surface area contributed by atoms with Gasteiger partial charge in [-0.3, -0.25) is 14.5 Å². The number of benzene rings is 2. The van der Waals surface area contributed by atoms with Crippen LogP contribution in [0.25, 0.3) is 22.3 Å². The molecule has 2 heterocycles. The predicted octanol–water partition coefficient (Wildman–Crippen LogP) is 5.07. The van der Waals surface area contributed by atoms with Crippen LogP contribution in [0.5, 0.6) is 5.75 Å². The lowest BCUT2D eigenvalue weighted by atomic mass is 9.92. The molecule has 1 aliphatic carbocycles. The van der Waals surface area contributed by atoms with Gasteiger partial charge in [-0.25, -0.2) is 12.8 Å². The molecule has 12 heteroatoms. The topological polar surface area (TPSA) is 116 Å². The number of hydrogen-bond acceptors (Lipinski definition) is 5. The van der Waals surface area contributed by atoms with E-state index in [1.54, 1.807) is 34.9 Å². The van der Waals surface area contributed by atoms with E-state index in [1.807, 2.05) is 0 Å². The lowest BCUT2D eigenvalue weighted by molar-refractivity contribution is -0.0521. The summed E-state index contributed by atoms with van der Waals surface area (Å²) in [5.74, 6) is -2.61. The maximum absolute atomic E-state index is 14.6. The molecule has 5 rings (SSSR count). The average Bonchev–Trinajstić information content (AvgIpc) is 3.12. The van der Waals surface area contributed by atoms with E-state index in [0.29, 0.717) is 5.69 Å². The lowest BCUT2D eigenvalue weighted by Crippen LogP contribution is -2.20. The average molecular weight is 531 g/mol. The maximum atomic E-state index is 14.6. The van der Waals surface area contributed by atoms with Gasteiger partial charge in [0.25, 0.3) is 15.9 Å². The minimum Gasteiger partial charge on any atom is -0.432 e. The second-order valence-electron chi connectivity index (χ2n) is 8.57. The number of nitrogens with two attached hydrogens (primary N) is 1. The fraction of sp³-hybridized carbons (Fsp3) is 0.200. The van der Waals surface area contributed by atoms with E-state index in [-0.39, 0.29) is 38.8 Å². The van der Waals surface area contributed by atoms with Gasteiger partial charge in [-0.2, -0.15) is 8.78 Å². The Labute approximate surface area is 209 Å². The monoisotopic (exact) mass is 530 g/mol. The number of pyridine rings is 1. The molecule has 1 aliphatic rings. The van der Waals surface area contributed by atoms with Crippen molar-refractivity contribution < 1.29 is 31.1 Å². The molecule has 1 amide bonds. The van der Waals surface area contributed by atoms with Gasteiger partial charge >= 0.3 is 6.61 Å². The van der Waals surface area contributed by atoms with Crippen molar-refractivity contribution in [1.82, 2.24) is 9.55 Å². The van der Waals surface area contributed by atoms with E-state index >= 15 is 0 Å². The number of rotatable bonds is 8. The zero-order chi connectivity index (χ0) is 26.3. The summed E-state index contributed by atoms with van der Waals surface area (Å²) >= 11 is 0. The number of hydrogen-bond donors (Lipinski definition) is 2. The molecule has 4 aromatic rings. The van der Waals surface area contributed by atoms with Crippen molar-refractivity contribution in [2.24, 2.45) is 5.73 Å². The molecule has 1 fully saturated rings. The Morgan fingerprint density at radius 1 is 1.14 bits per heavy atom. The first kappa shape index (κ1) is 24.6. The van der Waals surface area contributed by atoms with Crippen LogP contribution < -0.4 is 15.2 Å². The number of carbonyl (C=O) groups is 1. The molecular formula is C25H21F3N4O4S. The highest BCUT2D eigenvalue weighted by Crippen LogP contribution is 2.43. The number of anilines is 1. The van der Waals surface area contributed by atoms with Gasteiger partial charge in [0.2, 0.25) is 0 Å². The molecule has 0 bridgehead atoms. The summed E-state index contributed by atoms with van der Waals surface area (Å²) in [7, 11) is -3.95. The van der Waals surface area contributed by atoms with Gasteiger partial charge in [0.15, 0.2) is 11.6 Å². The summed E-state index contributed by atoms with van der Waals surface area (Å²) in [5.41, 5.74) is 6.76. The third-order valence-corrected chi connectivity index (χ3v) is 7.64. The first-order chi connectivity index (χ1) is 17.7. The Morgan fingerprint density at radius 2 is 1.86 bits per heavy atom. The number of primary amides is 1. The van der Waals surface area contributed by atoms with Gasteiger partial charge in [0, 0.05) is 29.4 Å². The zero-order valence-corrected chi connectivity index (χ0v) is 20.0. The number of para-hydroxylation sites is 1. The van der Waals surface area contributed by atoms with Crippen LogP contribution in [-0.2, 0) is 10.0 Å². The summed E-state index contributed by atoms with van der Waals surface area (Å²) in [6.45, 7) is -3.24. The number of alkyl halides is 2. The molecule has 0 atom stereocenters. The number of fused-ring (bicyclic) bond motifs is 1. The van der Waals surface area contributed by atoms with Crippen LogP contribution in [0, 0.1) is 5.82 Å². The van der Waals surface area contributed by atoms with Crippen molar-refractivity contribution >= 4 is 32.5 Å². The molecule has 192 valence electrons. The molecule has 0 radical (unpaired) electrons. The van der Waals surface area contributed by atoms with E-state index < -0.39 is 34.1 Å². The zero-order valence-electron chi connectivity index (χ0n) is 19.2. The number of nitrogens with zero attached hydrogens (tertiary/aromatic N) is 2. The third-order valence-electron chi connectivity index (χ3n) is 6.27. The van der Waals surface area contributed by atoms with Crippen LogP contribution >= 0.6 is 0 Å². The summed E-state index contributed by atoms with van der Waals surface area (Å²) in [6.07, 6.45) is 3.49. The minimum absolute atomic E-state index is 0.0464. The molecule has 2 aromatic carbocycles. The molecule has 1 saturated carbocycles. The standard InChI is InChI=1S/C25H21F3N4O4S/c26-18-11-17-20(12-21(18)36-25(27)28)32(15-7-4-8-15)23(22(17)24(29)33)19-10-9-16(13-30-19)37(34,35)31-14-5-2-1-3-6-14/h1-3,5-6,9-13,15,25,31H,4,7-8H2,(H2,29,33). The predicted molar refractivity (Wildman–Crippen MR) is 130 cm³/mol. The number of halogens is 3. The highest BCUT2D eigenvalue weighted by molar-refractivity contribution is 7.92. The molecule has 0 saturated heterocycles. The van der Waals surface area contributed by atoms with Crippen LogP contribution in [0.1, 0.15) is 35.7 Å². The molecule has 0 unspecified atom stereocenters. The van der Waals surface area contributed by atoms with Gasteiger partial charge in [-0.15, -0.1) is 0 Å². The number of ether oxygens (including phenoxy) is 1. The first-order valence-electron chi connectivity index (χ1n) is 11.3. The van der Waals surface area contributed by atoms with Gasteiger partial charge in [0.05, 0.1) is 22.5 Å². The first-order valence-corrected chi connectivity index (χ1v) is 12.8. The highest BCUT2D eigenvalue weighted by atomic mass is 32.2. The molecule has 37 heavy (non-hydrogen) atoms. The second-order valence-corrected chi connectivity index (χ2v) is 10.3. The summed E-state index contributed by atoms with van der Waals surface area (Å²) in [6, 6.07) is 13.0. The minimum atomic E-state index is -3.95. The van der Waals surface area contributed by atoms with E-state index in [1.165, 1.54) is 12.1 Å². The fourth-order valence-corrected chi connectivity index (χ4v) is 5.42. The van der Waals surface area contributed by atoms with Crippen molar-refractivity contribution in [1.29, 1.82) is 0 Å². The van der Waals surface area contributed by atoms with Crippen LogP contribution in [0.4, 0.5) is 18.9 Å². The molecule has 0 aliphatic heterocycles. The van der Waals surface area contributed by atoms with Crippen molar-refractivity contribution in [3.8, 4) is 17.1 Å². The molecule has 2 aromatic heterocycles. The summed E-state index contributed by atoms with van der Waals surface area (Å²) < 4.78 is 74.5. The second kappa shape index (κ2) is 9.43. The SMILES string of the molecule is NC(=O)c1c(-c2ccc(S(=O)(=O)Nc3ccccc3)cn2)n(C2CCC2)c2cc(OC(F)F)c(F)cc12. The van der Waals surface area contributed by atoms with Crippen LogP contribution in [-0.4, -0.2) is 30.5 Å². The van der Waals surface area contributed by atoms with Crippen molar-refractivity contribution in [2.75, 3.05) is 4.72 Å². The maximum Gasteiger partial charge on any atom is 0.387 e. The quantitative estimate of drug-likeness (QED) is 0.330. The van der Waals surface area contributed by atoms with Crippen molar-refractivity contribution in [2.45, 2.75) is 36.8 Å². The van der Waals surface area contributed by atoms with Crippen molar-refractivity contribution in [3.63, 3.8) is 0 Å². The molecule has 8 nitrogen and oxygen atoms in total. The van der Waals surface area contributed by atoms with Gasteiger partial charge in [0.1, 0.15) is 4.90 Å². The molecular weight excluding hydrogens is 509 g/mol. The summed E-state index contributed by atoms with van der Waals surface area (Å²) in [4.78, 5) is 16.7. The Kier molecular flexibility index (Phi) is 6.28. The Balaban J connectivity index is 1.65. The normalized spacial score (nSPS) is 14.1. The van der Waals surface area contributed by atoms with E-state index in [0.717, 1.165) is 37.6 Å². The van der Waals surface area contributed by atoms with E-state index in [2.05, 4.69) is 14.4 Å². The number of aromatic nitrogens is 2. The Hall–Kier alpha value is -4.06. The number of carbonyl (C=O) groups excluding carboxylic acids is 1. The third kappa shape index (κ3) is 4.59. The Bertz CT molecular complexity index is 1590. The smallest absolute Gasteiger partial charge is 0.387 e. The molecule has 3 N–H and O–H groups in total. The van der Waals surface area contributed by atoms with Crippen LogP contribution in [0.2, 0.25) is 0 Å². The number of nitrogens with one attached hydrogen (secondary N) is 1. The van der Waals surface area contributed by atoms with Crippen molar-refractivity contribution in [3.05, 3.63) is 72.2 Å². The van der Waals surface area contributed by atoms with Gasteiger partial charge in [-0.1, -0.05) is 18.2 Å². The van der Waals surface area contributed by atoms with Gasteiger partial charge < -0.3 is 15.0 Å². The fourth-order valence-electron chi connectivity index (χ4n) is 4.42. The number of amides is 1. The van der Waals surface area contributed by atoms with E-state index in [9.17, 15) is 26.4 Å². The lowest BCUT2D eigenvalue weighted by Gasteiger charge is -2.30. The largest absolute Gasteiger partial charge is 0.432 e. The van der Waals surface area contributed by atoms with Crippen LogP contribution in [0.15, 0.2) is 65.7 Å². The van der Waals surface area contributed by atoms with E-state index in [4.69, 9.17) is 5.73 Å². The number of sulfonamides is 1.